The molecule has 1 N–H and O–H groups in total. The van der Waals surface area contributed by atoms with Gasteiger partial charge in [0.1, 0.15) is 23.5 Å². The molecule has 0 unspecified atom stereocenters. The summed E-state index contributed by atoms with van der Waals surface area (Å²) in [7, 11) is 1.57. The molecule has 0 spiro atoms. The molecule has 0 atom stereocenters. The molecule has 0 fully saturated rings. The van der Waals surface area contributed by atoms with Crippen LogP contribution in [-0.2, 0) is 11.2 Å². The maximum absolute atomic E-state index is 10.6. The number of hydrogen-bond acceptors (Lipinski definition) is 3. The van der Waals surface area contributed by atoms with Crippen LogP contribution in [0.25, 0.3) is 5.52 Å². The molecule has 0 aromatic carbocycles. The molecule has 2 aromatic rings. The van der Waals surface area contributed by atoms with E-state index in [1.807, 2.05) is 6.07 Å². The van der Waals surface area contributed by atoms with Gasteiger partial charge in [-0.3, -0.25) is 9.20 Å². The molecule has 2 aromatic heterocycles. The second-order valence-electron chi connectivity index (χ2n) is 3.08. The monoisotopic (exact) mass is 206 g/mol. The molecule has 0 bridgehead atoms. The normalized spacial score (nSPS) is 10.5. The van der Waals surface area contributed by atoms with Gasteiger partial charge in [-0.2, -0.15) is 0 Å². The average Bonchev–Trinajstić information content (AvgIpc) is 2.61. The Morgan fingerprint density at radius 3 is 3.13 bits per heavy atom. The van der Waals surface area contributed by atoms with Gasteiger partial charge in [-0.25, -0.2) is 4.98 Å². The highest BCUT2D eigenvalue weighted by Gasteiger charge is 2.09. The molecule has 5 heteroatoms. The maximum atomic E-state index is 10.6. The molecule has 0 radical (unpaired) electrons. The van der Waals surface area contributed by atoms with E-state index in [1.54, 1.807) is 30.0 Å². The first-order chi connectivity index (χ1) is 7.22. The van der Waals surface area contributed by atoms with Crippen molar-refractivity contribution in [1.29, 1.82) is 0 Å². The third-order valence-corrected chi connectivity index (χ3v) is 2.14. The minimum absolute atomic E-state index is 0.0959. The molecule has 0 aliphatic rings. The largest absolute Gasteiger partial charge is 0.494 e. The van der Waals surface area contributed by atoms with Crippen LogP contribution in [0.2, 0.25) is 0 Å². The van der Waals surface area contributed by atoms with Gasteiger partial charge in [-0.15, -0.1) is 0 Å². The summed E-state index contributed by atoms with van der Waals surface area (Å²) in [6, 6.07) is 3.60. The lowest BCUT2D eigenvalue weighted by atomic mass is 10.3. The maximum Gasteiger partial charge on any atom is 0.311 e. The van der Waals surface area contributed by atoms with Gasteiger partial charge in [0.05, 0.1) is 13.3 Å². The third-order valence-electron chi connectivity index (χ3n) is 2.14. The number of nitrogens with zero attached hydrogens (tertiary/aromatic N) is 2. The van der Waals surface area contributed by atoms with E-state index in [2.05, 4.69) is 4.98 Å². The highest BCUT2D eigenvalue weighted by molar-refractivity contribution is 5.70. The zero-order chi connectivity index (χ0) is 10.8. The van der Waals surface area contributed by atoms with E-state index in [0.717, 1.165) is 5.52 Å². The smallest absolute Gasteiger partial charge is 0.311 e. The van der Waals surface area contributed by atoms with Crippen molar-refractivity contribution in [2.45, 2.75) is 6.42 Å². The van der Waals surface area contributed by atoms with Crippen LogP contribution in [0, 0.1) is 0 Å². The number of fused-ring (bicyclic) bond motifs is 1. The molecule has 2 rings (SSSR count). The van der Waals surface area contributed by atoms with Crippen molar-refractivity contribution < 1.29 is 14.6 Å². The van der Waals surface area contributed by atoms with Crippen molar-refractivity contribution in [1.82, 2.24) is 9.38 Å². The second kappa shape index (κ2) is 3.61. The summed E-state index contributed by atoms with van der Waals surface area (Å²) in [5.41, 5.74) is 0.774. The topological polar surface area (TPSA) is 63.8 Å². The SMILES string of the molecule is COc1cccn2c(CC(=O)O)ncc12. The first kappa shape index (κ1) is 9.51. The Hall–Kier alpha value is -2.04. The van der Waals surface area contributed by atoms with Gasteiger partial charge in [0.2, 0.25) is 0 Å². The highest BCUT2D eigenvalue weighted by atomic mass is 16.5. The van der Waals surface area contributed by atoms with Crippen molar-refractivity contribution in [3.8, 4) is 5.75 Å². The van der Waals surface area contributed by atoms with Crippen LogP contribution in [0.1, 0.15) is 5.82 Å². The minimum atomic E-state index is -0.898. The Balaban J connectivity index is 2.55. The van der Waals surface area contributed by atoms with Gasteiger partial charge in [0.15, 0.2) is 0 Å². The van der Waals surface area contributed by atoms with Crippen molar-refractivity contribution in [2.24, 2.45) is 0 Å². The molecule has 0 amide bonds. The van der Waals surface area contributed by atoms with Crippen molar-refractivity contribution in [2.75, 3.05) is 7.11 Å². The minimum Gasteiger partial charge on any atom is -0.494 e. The Morgan fingerprint density at radius 2 is 2.47 bits per heavy atom. The van der Waals surface area contributed by atoms with Gasteiger partial charge >= 0.3 is 5.97 Å². The summed E-state index contributed by atoms with van der Waals surface area (Å²) in [4.78, 5) is 14.6. The molecular weight excluding hydrogens is 196 g/mol. The van der Waals surface area contributed by atoms with Gasteiger partial charge in [0.25, 0.3) is 0 Å². The molecule has 5 nitrogen and oxygen atoms in total. The first-order valence-corrected chi connectivity index (χ1v) is 4.43. The molecule has 2 heterocycles. The van der Waals surface area contributed by atoms with E-state index in [0.29, 0.717) is 11.6 Å². The quantitative estimate of drug-likeness (QED) is 0.812. The standard InChI is InChI=1S/C10H10N2O3/c1-15-8-3-2-4-12-7(8)6-11-9(12)5-10(13)14/h2-4,6H,5H2,1H3,(H,13,14). The zero-order valence-electron chi connectivity index (χ0n) is 8.17. The van der Waals surface area contributed by atoms with Gasteiger partial charge < -0.3 is 9.84 Å². The van der Waals surface area contributed by atoms with E-state index in [-0.39, 0.29) is 6.42 Å². The summed E-state index contributed by atoms with van der Waals surface area (Å²) in [5.74, 6) is 0.281. The van der Waals surface area contributed by atoms with Crippen LogP contribution in [0.4, 0.5) is 0 Å². The molecule has 0 aliphatic heterocycles. The Kier molecular flexibility index (Phi) is 2.29. The van der Waals surface area contributed by atoms with E-state index in [4.69, 9.17) is 9.84 Å². The molecule has 0 saturated carbocycles. The lowest BCUT2D eigenvalue weighted by Gasteiger charge is -2.03. The van der Waals surface area contributed by atoms with E-state index < -0.39 is 5.97 Å². The van der Waals surface area contributed by atoms with Gasteiger partial charge in [0, 0.05) is 6.20 Å². The molecule has 15 heavy (non-hydrogen) atoms. The number of carboxylic acid groups (broad SMARTS) is 1. The number of aliphatic carboxylic acids is 1. The fraction of sp³-hybridized carbons (Fsp3) is 0.200. The van der Waals surface area contributed by atoms with Gasteiger partial charge in [-0.1, -0.05) is 0 Å². The Bertz CT molecular complexity index is 504. The molecule has 0 saturated heterocycles. The predicted molar refractivity (Wildman–Crippen MR) is 53.1 cm³/mol. The molecule has 0 aliphatic carbocycles. The van der Waals surface area contributed by atoms with Crippen LogP contribution < -0.4 is 4.74 Å². The van der Waals surface area contributed by atoms with Gasteiger partial charge in [-0.05, 0) is 12.1 Å². The summed E-state index contributed by atoms with van der Waals surface area (Å²) >= 11 is 0. The molecular formula is C10H10N2O3. The fourth-order valence-electron chi connectivity index (χ4n) is 1.49. The number of aromatic nitrogens is 2. The summed E-state index contributed by atoms with van der Waals surface area (Å²) in [5, 5.41) is 8.69. The van der Waals surface area contributed by atoms with E-state index in [1.165, 1.54) is 0 Å². The van der Waals surface area contributed by atoms with E-state index >= 15 is 0 Å². The lowest BCUT2D eigenvalue weighted by Crippen LogP contribution is -2.04. The van der Waals surface area contributed by atoms with Crippen LogP contribution >= 0.6 is 0 Å². The van der Waals surface area contributed by atoms with Crippen LogP contribution in [0.15, 0.2) is 24.5 Å². The number of hydrogen-bond donors (Lipinski definition) is 1. The third kappa shape index (κ3) is 1.63. The highest BCUT2D eigenvalue weighted by Crippen LogP contribution is 2.19. The number of imidazole rings is 1. The first-order valence-electron chi connectivity index (χ1n) is 4.43. The van der Waals surface area contributed by atoms with Crippen LogP contribution in [-0.4, -0.2) is 27.6 Å². The number of pyridine rings is 1. The summed E-state index contributed by atoms with van der Waals surface area (Å²) in [6.45, 7) is 0. The van der Waals surface area contributed by atoms with E-state index in [9.17, 15) is 4.79 Å². The zero-order valence-corrected chi connectivity index (χ0v) is 8.17. The van der Waals surface area contributed by atoms with Crippen molar-refractivity contribution in [3.05, 3.63) is 30.4 Å². The number of carboxylic acids is 1. The number of ether oxygens (including phenoxy) is 1. The average molecular weight is 206 g/mol. The van der Waals surface area contributed by atoms with Crippen molar-refractivity contribution in [3.63, 3.8) is 0 Å². The fourth-order valence-corrected chi connectivity index (χ4v) is 1.49. The van der Waals surface area contributed by atoms with Crippen LogP contribution in [0.5, 0.6) is 5.75 Å². The number of rotatable bonds is 3. The number of carbonyl (C=O) groups is 1. The molecule has 78 valence electrons. The summed E-state index contributed by atoms with van der Waals surface area (Å²) < 4.78 is 6.85. The van der Waals surface area contributed by atoms with Crippen molar-refractivity contribution >= 4 is 11.5 Å². The Labute approximate surface area is 85.9 Å². The lowest BCUT2D eigenvalue weighted by molar-refractivity contribution is -0.136. The van der Waals surface area contributed by atoms with Crippen LogP contribution in [0.3, 0.4) is 0 Å². The number of methoxy groups -OCH3 is 1. The second-order valence-corrected chi connectivity index (χ2v) is 3.08. The summed E-state index contributed by atoms with van der Waals surface area (Å²) in [6.07, 6.45) is 3.28. The predicted octanol–water partition coefficient (Wildman–Crippen LogP) is 0.970. The Morgan fingerprint density at radius 1 is 1.67 bits per heavy atom.